The van der Waals surface area contributed by atoms with Gasteiger partial charge in [-0.3, -0.25) is 9.59 Å². The van der Waals surface area contributed by atoms with Crippen molar-refractivity contribution in [2.45, 2.75) is 32.2 Å². The lowest BCUT2D eigenvalue weighted by Crippen LogP contribution is -2.54. The van der Waals surface area contributed by atoms with Crippen molar-refractivity contribution in [1.82, 2.24) is 5.32 Å². The highest BCUT2D eigenvalue weighted by Gasteiger charge is 2.39. The average Bonchev–Trinajstić information content (AvgIpc) is 2.58. The Morgan fingerprint density at radius 2 is 2.14 bits per heavy atom. The first kappa shape index (κ1) is 15.8. The van der Waals surface area contributed by atoms with E-state index in [-0.39, 0.29) is 11.8 Å². The Balaban J connectivity index is 2.42. The standard InChI is InChI=1S/C15H19BrN2O3/c1-4-15(2)14(20)18(8-7-13(19)17-15)10-5-6-11(16)12(9-10)21-3/h5-6,9H,4,7-8H2,1-3H3,(H,17,19). The van der Waals surface area contributed by atoms with E-state index in [1.54, 1.807) is 25.0 Å². The molecule has 1 fully saturated rings. The minimum atomic E-state index is -0.867. The number of amides is 2. The maximum atomic E-state index is 12.8. The van der Waals surface area contributed by atoms with Crippen LogP contribution in [0.5, 0.6) is 5.75 Å². The molecule has 1 N–H and O–H groups in total. The number of anilines is 1. The van der Waals surface area contributed by atoms with Crippen molar-refractivity contribution in [2.75, 3.05) is 18.6 Å². The topological polar surface area (TPSA) is 58.6 Å². The van der Waals surface area contributed by atoms with Crippen molar-refractivity contribution < 1.29 is 14.3 Å². The molecule has 0 spiro atoms. The fourth-order valence-electron chi connectivity index (χ4n) is 2.34. The summed E-state index contributed by atoms with van der Waals surface area (Å²) < 4.78 is 6.10. The number of hydrogen-bond donors (Lipinski definition) is 1. The molecule has 1 atom stereocenters. The number of ether oxygens (including phenoxy) is 1. The fourth-order valence-corrected chi connectivity index (χ4v) is 2.75. The largest absolute Gasteiger partial charge is 0.495 e. The van der Waals surface area contributed by atoms with Crippen LogP contribution in [0, 0.1) is 0 Å². The number of halogens is 1. The number of nitrogens with zero attached hydrogens (tertiary/aromatic N) is 1. The van der Waals surface area contributed by atoms with E-state index in [2.05, 4.69) is 21.2 Å². The fraction of sp³-hybridized carbons (Fsp3) is 0.467. The van der Waals surface area contributed by atoms with E-state index in [4.69, 9.17) is 4.74 Å². The smallest absolute Gasteiger partial charge is 0.252 e. The summed E-state index contributed by atoms with van der Waals surface area (Å²) in [7, 11) is 1.58. The van der Waals surface area contributed by atoms with Gasteiger partial charge in [0.25, 0.3) is 5.91 Å². The molecular weight excluding hydrogens is 336 g/mol. The summed E-state index contributed by atoms with van der Waals surface area (Å²) in [6, 6.07) is 5.48. The molecule has 1 saturated heterocycles. The molecule has 1 unspecified atom stereocenters. The number of benzene rings is 1. The molecule has 0 saturated carbocycles. The second-order valence-corrected chi connectivity index (χ2v) is 6.11. The first-order valence-electron chi connectivity index (χ1n) is 6.88. The lowest BCUT2D eigenvalue weighted by Gasteiger charge is -2.31. The minimum absolute atomic E-state index is 0.0970. The third-order valence-corrected chi connectivity index (χ3v) is 4.50. The van der Waals surface area contributed by atoms with Crippen molar-refractivity contribution in [2.24, 2.45) is 0 Å². The van der Waals surface area contributed by atoms with Crippen LogP contribution < -0.4 is 15.0 Å². The molecule has 1 aromatic carbocycles. The number of carbonyl (C=O) groups excluding carboxylic acids is 2. The van der Waals surface area contributed by atoms with Crippen LogP contribution in [0.4, 0.5) is 5.69 Å². The molecule has 21 heavy (non-hydrogen) atoms. The van der Waals surface area contributed by atoms with Crippen LogP contribution in [-0.4, -0.2) is 31.0 Å². The molecule has 1 aliphatic heterocycles. The lowest BCUT2D eigenvalue weighted by atomic mass is 9.97. The monoisotopic (exact) mass is 354 g/mol. The maximum absolute atomic E-state index is 12.8. The molecule has 6 heteroatoms. The number of methoxy groups -OCH3 is 1. The molecule has 114 valence electrons. The summed E-state index contributed by atoms with van der Waals surface area (Å²) in [6.45, 7) is 4.02. The quantitative estimate of drug-likeness (QED) is 0.906. The van der Waals surface area contributed by atoms with Crippen molar-refractivity contribution >= 4 is 33.4 Å². The van der Waals surface area contributed by atoms with Gasteiger partial charge in [-0.05, 0) is 41.4 Å². The Morgan fingerprint density at radius 1 is 1.43 bits per heavy atom. The first-order valence-corrected chi connectivity index (χ1v) is 7.67. The van der Waals surface area contributed by atoms with Crippen LogP contribution in [0.15, 0.2) is 22.7 Å². The van der Waals surface area contributed by atoms with Crippen molar-refractivity contribution in [3.05, 3.63) is 22.7 Å². The van der Waals surface area contributed by atoms with Crippen LogP contribution in [0.1, 0.15) is 26.7 Å². The van der Waals surface area contributed by atoms with Crippen LogP contribution in [-0.2, 0) is 9.59 Å². The summed E-state index contributed by atoms with van der Waals surface area (Å²) in [5.41, 5.74) is -0.135. The Morgan fingerprint density at radius 3 is 2.76 bits per heavy atom. The number of nitrogens with one attached hydrogen (secondary N) is 1. The SMILES string of the molecule is CCC1(C)NC(=O)CCN(c2ccc(Br)c(OC)c2)C1=O. The van der Waals surface area contributed by atoms with E-state index in [0.717, 1.165) is 10.2 Å². The molecule has 0 radical (unpaired) electrons. The van der Waals surface area contributed by atoms with Gasteiger partial charge in [0.05, 0.1) is 11.6 Å². The molecule has 0 aliphatic carbocycles. The molecule has 0 bridgehead atoms. The van der Waals surface area contributed by atoms with E-state index >= 15 is 0 Å². The van der Waals surface area contributed by atoms with Gasteiger partial charge in [0, 0.05) is 24.7 Å². The summed E-state index contributed by atoms with van der Waals surface area (Å²) in [5.74, 6) is 0.460. The second-order valence-electron chi connectivity index (χ2n) is 5.26. The molecular formula is C15H19BrN2O3. The third kappa shape index (κ3) is 3.05. The molecule has 5 nitrogen and oxygen atoms in total. The zero-order chi connectivity index (χ0) is 15.6. The van der Waals surface area contributed by atoms with E-state index in [1.807, 2.05) is 19.1 Å². The van der Waals surface area contributed by atoms with Crippen LogP contribution in [0.25, 0.3) is 0 Å². The average molecular weight is 355 g/mol. The highest BCUT2D eigenvalue weighted by atomic mass is 79.9. The summed E-state index contributed by atoms with van der Waals surface area (Å²) in [6.07, 6.45) is 0.835. The van der Waals surface area contributed by atoms with E-state index in [9.17, 15) is 9.59 Å². The highest BCUT2D eigenvalue weighted by Crippen LogP contribution is 2.31. The first-order chi connectivity index (χ1) is 9.91. The molecule has 1 heterocycles. The molecule has 2 amide bonds. The van der Waals surface area contributed by atoms with Gasteiger partial charge in [-0.25, -0.2) is 0 Å². The van der Waals surface area contributed by atoms with Gasteiger partial charge in [-0.15, -0.1) is 0 Å². The van der Waals surface area contributed by atoms with Gasteiger partial charge < -0.3 is 15.0 Å². The van der Waals surface area contributed by atoms with Crippen molar-refractivity contribution in [3.8, 4) is 5.75 Å². The molecule has 2 rings (SSSR count). The summed E-state index contributed by atoms with van der Waals surface area (Å²) in [4.78, 5) is 26.3. The third-order valence-electron chi connectivity index (χ3n) is 3.85. The van der Waals surface area contributed by atoms with Crippen LogP contribution in [0.2, 0.25) is 0 Å². The Kier molecular flexibility index (Phi) is 4.56. The summed E-state index contributed by atoms with van der Waals surface area (Å²) in [5, 5.41) is 2.82. The van der Waals surface area contributed by atoms with Crippen LogP contribution in [0.3, 0.4) is 0 Å². The second kappa shape index (κ2) is 6.05. The lowest BCUT2D eigenvalue weighted by molar-refractivity contribution is -0.129. The van der Waals surface area contributed by atoms with Crippen LogP contribution >= 0.6 is 15.9 Å². The van der Waals surface area contributed by atoms with Gasteiger partial charge in [0.2, 0.25) is 5.91 Å². The highest BCUT2D eigenvalue weighted by molar-refractivity contribution is 9.10. The zero-order valence-electron chi connectivity index (χ0n) is 12.4. The zero-order valence-corrected chi connectivity index (χ0v) is 14.0. The predicted molar refractivity (Wildman–Crippen MR) is 84.5 cm³/mol. The molecule has 1 aliphatic rings. The Hall–Kier alpha value is -1.56. The predicted octanol–water partition coefficient (Wildman–Crippen LogP) is 2.48. The van der Waals surface area contributed by atoms with Gasteiger partial charge >= 0.3 is 0 Å². The van der Waals surface area contributed by atoms with Gasteiger partial charge in [0.1, 0.15) is 11.3 Å². The molecule has 0 aromatic heterocycles. The maximum Gasteiger partial charge on any atom is 0.252 e. The Bertz CT molecular complexity index is 576. The van der Waals surface area contributed by atoms with Crippen molar-refractivity contribution in [3.63, 3.8) is 0 Å². The molecule has 1 aromatic rings. The van der Waals surface area contributed by atoms with Crippen molar-refractivity contribution in [1.29, 1.82) is 0 Å². The minimum Gasteiger partial charge on any atom is -0.495 e. The normalized spacial score (nSPS) is 22.8. The van der Waals surface area contributed by atoms with E-state index in [1.165, 1.54) is 0 Å². The number of carbonyl (C=O) groups is 2. The van der Waals surface area contributed by atoms with E-state index < -0.39 is 5.54 Å². The van der Waals surface area contributed by atoms with Gasteiger partial charge in [-0.2, -0.15) is 0 Å². The van der Waals surface area contributed by atoms with Gasteiger partial charge in [-0.1, -0.05) is 6.92 Å². The summed E-state index contributed by atoms with van der Waals surface area (Å²) >= 11 is 3.40. The van der Waals surface area contributed by atoms with E-state index in [0.29, 0.717) is 25.1 Å². The number of hydrogen-bond acceptors (Lipinski definition) is 3. The number of rotatable bonds is 3. The Labute approximate surface area is 132 Å². The van der Waals surface area contributed by atoms with Gasteiger partial charge in [0.15, 0.2) is 0 Å².